The molecular formula is C6H12N4O3S. The lowest BCUT2D eigenvalue weighted by Crippen LogP contribution is -2.21. The van der Waals surface area contributed by atoms with Gasteiger partial charge in [-0.25, -0.2) is 4.68 Å². The normalized spacial score (nSPS) is 14.6. The monoisotopic (exact) mass is 220 g/mol. The van der Waals surface area contributed by atoms with Gasteiger partial charge < -0.3 is 0 Å². The van der Waals surface area contributed by atoms with E-state index >= 15 is 0 Å². The Balaban J connectivity index is 2.95. The van der Waals surface area contributed by atoms with Gasteiger partial charge in [0.05, 0.1) is 0 Å². The van der Waals surface area contributed by atoms with Crippen molar-refractivity contribution in [2.75, 3.05) is 0 Å². The Hall–Kier alpha value is -1.02. The molecule has 7 nitrogen and oxygen atoms in total. The minimum atomic E-state index is -4.16. The fraction of sp³-hybridized carbons (Fsp3) is 0.833. The summed E-state index contributed by atoms with van der Waals surface area (Å²) < 4.78 is 32.0. The van der Waals surface area contributed by atoms with Crippen molar-refractivity contribution in [1.82, 2.24) is 20.2 Å². The second-order valence-corrected chi connectivity index (χ2v) is 4.96. The van der Waals surface area contributed by atoms with Crippen molar-refractivity contribution in [1.29, 1.82) is 0 Å². The first-order chi connectivity index (χ1) is 6.41. The number of rotatable bonds is 4. The molecule has 0 aromatic carbocycles. The Morgan fingerprint density at radius 2 is 2.14 bits per heavy atom. The summed E-state index contributed by atoms with van der Waals surface area (Å²) in [6.07, 6.45) is 1.44. The number of hydrogen-bond acceptors (Lipinski definition) is 5. The Morgan fingerprint density at radius 3 is 2.50 bits per heavy atom. The number of hydrogen-bond donors (Lipinski definition) is 1. The third kappa shape index (κ3) is 2.74. The Morgan fingerprint density at radius 1 is 1.50 bits per heavy atom. The zero-order chi connectivity index (χ0) is 10.8. The molecule has 0 amide bonds. The van der Waals surface area contributed by atoms with E-state index in [1.165, 1.54) is 6.33 Å². The minimum absolute atomic E-state index is 0.117. The summed E-state index contributed by atoms with van der Waals surface area (Å²) in [7, 11) is -4.16. The SMILES string of the molecule is CC(C)CC(n1cnnn1)S(=O)(=O)O. The molecule has 0 bridgehead atoms. The zero-order valence-electron chi connectivity index (χ0n) is 7.90. The third-order valence-corrected chi connectivity index (χ3v) is 2.77. The first-order valence-corrected chi connectivity index (χ1v) is 5.60. The largest absolute Gasteiger partial charge is 0.288 e. The van der Waals surface area contributed by atoms with Gasteiger partial charge in [-0.2, -0.15) is 8.42 Å². The fourth-order valence-electron chi connectivity index (χ4n) is 1.07. The van der Waals surface area contributed by atoms with Crippen LogP contribution in [-0.2, 0) is 10.1 Å². The van der Waals surface area contributed by atoms with Crippen LogP contribution in [-0.4, -0.2) is 33.2 Å². The van der Waals surface area contributed by atoms with E-state index in [1.54, 1.807) is 0 Å². The average molecular weight is 220 g/mol. The summed E-state index contributed by atoms with van der Waals surface area (Å²) >= 11 is 0. The molecule has 1 rings (SSSR count). The Bertz CT molecular complexity index is 372. The summed E-state index contributed by atoms with van der Waals surface area (Å²) in [5.41, 5.74) is 0. The molecule has 0 saturated carbocycles. The lowest BCUT2D eigenvalue weighted by molar-refractivity contribution is 0.390. The highest BCUT2D eigenvalue weighted by Gasteiger charge is 2.26. The molecule has 14 heavy (non-hydrogen) atoms. The van der Waals surface area contributed by atoms with Gasteiger partial charge >= 0.3 is 0 Å². The molecule has 0 saturated heterocycles. The smallest absolute Gasteiger partial charge is 0.284 e. The van der Waals surface area contributed by atoms with Crippen LogP contribution in [0.5, 0.6) is 0 Å². The van der Waals surface area contributed by atoms with Gasteiger partial charge in [-0.3, -0.25) is 4.55 Å². The second kappa shape index (κ2) is 4.01. The van der Waals surface area contributed by atoms with Crippen molar-refractivity contribution >= 4 is 10.1 Å². The number of nitrogens with zero attached hydrogens (tertiary/aromatic N) is 4. The zero-order valence-corrected chi connectivity index (χ0v) is 8.72. The van der Waals surface area contributed by atoms with Gasteiger partial charge in [0.2, 0.25) is 0 Å². The van der Waals surface area contributed by atoms with Crippen LogP contribution in [0.15, 0.2) is 6.33 Å². The van der Waals surface area contributed by atoms with Gasteiger partial charge in [-0.05, 0) is 22.8 Å². The highest BCUT2D eigenvalue weighted by molar-refractivity contribution is 7.85. The van der Waals surface area contributed by atoms with Crippen LogP contribution < -0.4 is 0 Å². The van der Waals surface area contributed by atoms with Gasteiger partial charge in [-0.15, -0.1) is 5.10 Å². The molecular weight excluding hydrogens is 208 g/mol. The van der Waals surface area contributed by atoms with Crippen molar-refractivity contribution < 1.29 is 13.0 Å². The standard InChI is InChI=1S/C6H12N4O3S/c1-5(2)3-6(14(11,12)13)10-4-7-8-9-10/h4-6H,3H2,1-2H3,(H,11,12,13). The molecule has 0 radical (unpaired) electrons. The fourth-order valence-corrected chi connectivity index (χ4v) is 2.07. The average Bonchev–Trinajstić information content (AvgIpc) is 2.49. The maximum atomic E-state index is 11.0. The molecule has 80 valence electrons. The first kappa shape index (κ1) is 11.1. The van der Waals surface area contributed by atoms with Gasteiger partial charge in [0.25, 0.3) is 10.1 Å². The lowest BCUT2D eigenvalue weighted by Gasteiger charge is -2.14. The summed E-state index contributed by atoms with van der Waals surface area (Å²) in [5.74, 6) is 0.117. The highest BCUT2D eigenvalue weighted by atomic mass is 32.2. The minimum Gasteiger partial charge on any atom is -0.284 e. The van der Waals surface area contributed by atoms with Crippen LogP contribution in [0, 0.1) is 5.92 Å². The quantitative estimate of drug-likeness (QED) is 0.723. The third-order valence-electron chi connectivity index (χ3n) is 1.68. The molecule has 0 aliphatic heterocycles. The Kier molecular flexibility index (Phi) is 3.17. The number of aromatic nitrogens is 4. The van der Waals surface area contributed by atoms with E-state index in [9.17, 15) is 8.42 Å². The number of tetrazole rings is 1. The maximum absolute atomic E-state index is 11.0. The predicted molar refractivity (Wildman–Crippen MR) is 47.9 cm³/mol. The topological polar surface area (TPSA) is 98.0 Å². The molecule has 0 aliphatic carbocycles. The van der Waals surface area contributed by atoms with E-state index in [-0.39, 0.29) is 12.3 Å². The molecule has 1 heterocycles. The van der Waals surface area contributed by atoms with E-state index in [0.717, 1.165) is 4.68 Å². The highest BCUT2D eigenvalue weighted by Crippen LogP contribution is 2.20. The van der Waals surface area contributed by atoms with Crippen molar-refractivity contribution in [3.05, 3.63) is 6.33 Å². The molecule has 0 aliphatic rings. The molecule has 0 fully saturated rings. The molecule has 1 aromatic heterocycles. The van der Waals surface area contributed by atoms with Crippen LogP contribution in [0.1, 0.15) is 25.6 Å². The van der Waals surface area contributed by atoms with Gasteiger partial charge in [-0.1, -0.05) is 13.8 Å². The van der Waals surface area contributed by atoms with Crippen LogP contribution in [0.4, 0.5) is 0 Å². The first-order valence-electron chi connectivity index (χ1n) is 4.10. The van der Waals surface area contributed by atoms with Crippen LogP contribution in [0.25, 0.3) is 0 Å². The molecule has 1 atom stereocenters. The Labute approximate surface area is 81.9 Å². The lowest BCUT2D eigenvalue weighted by atomic mass is 10.1. The summed E-state index contributed by atoms with van der Waals surface area (Å²) in [6, 6.07) is 0. The second-order valence-electron chi connectivity index (χ2n) is 3.39. The summed E-state index contributed by atoms with van der Waals surface area (Å²) in [6.45, 7) is 3.70. The molecule has 1 unspecified atom stereocenters. The van der Waals surface area contributed by atoms with E-state index in [2.05, 4.69) is 15.5 Å². The van der Waals surface area contributed by atoms with Gasteiger partial charge in [0.1, 0.15) is 6.33 Å². The molecule has 0 spiro atoms. The van der Waals surface area contributed by atoms with Gasteiger partial charge in [0, 0.05) is 0 Å². The van der Waals surface area contributed by atoms with E-state index in [4.69, 9.17) is 4.55 Å². The van der Waals surface area contributed by atoms with Crippen molar-refractivity contribution in [3.63, 3.8) is 0 Å². The van der Waals surface area contributed by atoms with Crippen LogP contribution >= 0.6 is 0 Å². The van der Waals surface area contributed by atoms with Gasteiger partial charge in [0.15, 0.2) is 5.37 Å². The maximum Gasteiger partial charge on any atom is 0.288 e. The van der Waals surface area contributed by atoms with Crippen LogP contribution in [0.2, 0.25) is 0 Å². The van der Waals surface area contributed by atoms with Crippen molar-refractivity contribution in [2.45, 2.75) is 25.6 Å². The van der Waals surface area contributed by atoms with Crippen molar-refractivity contribution in [2.24, 2.45) is 5.92 Å². The van der Waals surface area contributed by atoms with Crippen LogP contribution in [0.3, 0.4) is 0 Å². The van der Waals surface area contributed by atoms with Crippen molar-refractivity contribution in [3.8, 4) is 0 Å². The van der Waals surface area contributed by atoms with E-state index < -0.39 is 15.5 Å². The van der Waals surface area contributed by atoms with E-state index in [1.807, 2.05) is 13.8 Å². The predicted octanol–water partition coefficient (Wildman–Crippen LogP) is 0.106. The molecule has 1 aromatic rings. The van der Waals surface area contributed by atoms with E-state index in [0.29, 0.717) is 0 Å². The summed E-state index contributed by atoms with van der Waals surface area (Å²) in [5, 5.41) is 8.99. The molecule has 1 N–H and O–H groups in total. The summed E-state index contributed by atoms with van der Waals surface area (Å²) in [4.78, 5) is 0. The molecule has 8 heteroatoms.